The number of hydrogen-bond acceptors (Lipinski definition) is 7. The maximum absolute atomic E-state index is 13.1. The zero-order valence-corrected chi connectivity index (χ0v) is 15.6. The Balaban J connectivity index is 1.58. The van der Waals surface area contributed by atoms with Crippen LogP contribution in [-0.4, -0.2) is 83.3 Å². The standard InChI is InChI=1S/C19H20N4O6/c24-14-5-4-13(17(27)20-14)23-18(28)11-2-1-3-12(16(11)19(23)29)22-8-6-21(7-9-22)10-15(25)26/h1-3,13H,4-10H2,(H,25,26)(H,20,24,27). The number of nitrogens with one attached hydrogen (secondary N) is 1. The number of benzene rings is 1. The number of carbonyl (C=O) groups excluding carboxylic acids is 4. The fourth-order valence-corrected chi connectivity index (χ4v) is 4.10. The molecule has 29 heavy (non-hydrogen) atoms. The molecule has 0 spiro atoms. The second-order valence-corrected chi connectivity index (χ2v) is 7.30. The highest BCUT2D eigenvalue weighted by atomic mass is 16.4. The zero-order chi connectivity index (χ0) is 20.7. The number of carboxylic acids is 1. The summed E-state index contributed by atoms with van der Waals surface area (Å²) in [5.74, 6) is -3.02. The van der Waals surface area contributed by atoms with Crippen molar-refractivity contribution >= 4 is 35.3 Å². The first kappa shape index (κ1) is 19.1. The van der Waals surface area contributed by atoms with Gasteiger partial charge in [-0.25, -0.2) is 0 Å². The predicted molar refractivity (Wildman–Crippen MR) is 99.4 cm³/mol. The lowest BCUT2D eigenvalue weighted by molar-refractivity contribution is -0.138. The minimum absolute atomic E-state index is 0.0402. The van der Waals surface area contributed by atoms with Crippen LogP contribution in [0.1, 0.15) is 33.6 Å². The summed E-state index contributed by atoms with van der Waals surface area (Å²) in [6.07, 6.45) is 0.182. The molecule has 0 bridgehead atoms. The second kappa shape index (κ2) is 7.28. The molecule has 0 saturated carbocycles. The van der Waals surface area contributed by atoms with Crippen LogP contribution in [0.25, 0.3) is 0 Å². The number of piperidine rings is 1. The van der Waals surface area contributed by atoms with Crippen LogP contribution in [0.5, 0.6) is 0 Å². The van der Waals surface area contributed by atoms with E-state index < -0.39 is 35.6 Å². The summed E-state index contributed by atoms with van der Waals surface area (Å²) in [5.41, 5.74) is 1.10. The molecule has 3 heterocycles. The Morgan fingerprint density at radius 1 is 1.07 bits per heavy atom. The Morgan fingerprint density at radius 3 is 2.45 bits per heavy atom. The first-order valence-electron chi connectivity index (χ1n) is 9.40. The molecular formula is C19H20N4O6. The van der Waals surface area contributed by atoms with Gasteiger partial charge in [-0.1, -0.05) is 6.07 Å². The molecule has 2 N–H and O–H groups in total. The number of amides is 4. The number of fused-ring (bicyclic) bond motifs is 1. The lowest BCUT2D eigenvalue weighted by Gasteiger charge is -2.36. The third-order valence-electron chi connectivity index (χ3n) is 5.52. The van der Waals surface area contributed by atoms with E-state index in [0.717, 1.165) is 4.90 Å². The van der Waals surface area contributed by atoms with Gasteiger partial charge in [-0.15, -0.1) is 0 Å². The zero-order valence-electron chi connectivity index (χ0n) is 15.6. The van der Waals surface area contributed by atoms with Crippen molar-refractivity contribution in [1.29, 1.82) is 0 Å². The normalized spacial score (nSPS) is 22.7. The topological polar surface area (TPSA) is 127 Å². The smallest absolute Gasteiger partial charge is 0.317 e. The summed E-state index contributed by atoms with van der Waals surface area (Å²) in [6, 6.07) is 4.01. The fraction of sp³-hybridized carbons (Fsp3) is 0.421. The number of nitrogens with zero attached hydrogens (tertiary/aromatic N) is 3. The van der Waals surface area contributed by atoms with Crippen LogP contribution in [0.2, 0.25) is 0 Å². The third kappa shape index (κ3) is 3.35. The van der Waals surface area contributed by atoms with Gasteiger partial charge in [-0.3, -0.25) is 39.1 Å². The minimum atomic E-state index is -1.000. The highest BCUT2D eigenvalue weighted by Crippen LogP contribution is 2.34. The van der Waals surface area contributed by atoms with Crippen molar-refractivity contribution in [3.63, 3.8) is 0 Å². The molecule has 3 aliphatic heterocycles. The van der Waals surface area contributed by atoms with Crippen LogP contribution < -0.4 is 10.2 Å². The highest BCUT2D eigenvalue weighted by Gasteiger charge is 2.46. The Hall–Kier alpha value is -3.27. The molecule has 1 atom stereocenters. The van der Waals surface area contributed by atoms with E-state index in [2.05, 4.69) is 5.32 Å². The molecule has 2 saturated heterocycles. The lowest BCUT2D eigenvalue weighted by atomic mass is 10.0. The van der Waals surface area contributed by atoms with Gasteiger partial charge in [0.25, 0.3) is 11.8 Å². The van der Waals surface area contributed by atoms with Gasteiger partial charge >= 0.3 is 5.97 Å². The molecule has 1 aromatic rings. The largest absolute Gasteiger partial charge is 0.480 e. The van der Waals surface area contributed by atoms with Crippen molar-refractivity contribution in [3.8, 4) is 0 Å². The van der Waals surface area contributed by atoms with E-state index in [1.165, 1.54) is 0 Å². The van der Waals surface area contributed by atoms with Gasteiger partial charge in [0.05, 0.1) is 23.4 Å². The number of carboxylic acid groups (broad SMARTS) is 1. The molecule has 0 aromatic heterocycles. The van der Waals surface area contributed by atoms with Gasteiger partial charge in [-0.2, -0.15) is 0 Å². The Labute approximate surface area is 166 Å². The summed E-state index contributed by atoms with van der Waals surface area (Å²) < 4.78 is 0. The van der Waals surface area contributed by atoms with E-state index in [1.807, 2.05) is 9.80 Å². The lowest BCUT2D eigenvalue weighted by Crippen LogP contribution is -2.54. The van der Waals surface area contributed by atoms with E-state index in [1.54, 1.807) is 18.2 Å². The second-order valence-electron chi connectivity index (χ2n) is 7.30. The quantitative estimate of drug-likeness (QED) is 0.635. The SMILES string of the molecule is O=C(O)CN1CCN(c2cccc3c2C(=O)N(C2CCC(=O)NC2=O)C3=O)CC1. The molecule has 0 aliphatic carbocycles. The number of piperazine rings is 1. The summed E-state index contributed by atoms with van der Waals surface area (Å²) in [5, 5.41) is 11.1. The van der Waals surface area contributed by atoms with Crippen molar-refractivity contribution in [2.24, 2.45) is 0 Å². The number of anilines is 1. The first-order chi connectivity index (χ1) is 13.9. The van der Waals surface area contributed by atoms with Crippen molar-refractivity contribution in [3.05, 3.63) is 29.3 Å². The Bertz CT molecular complexity index is 921. The van der Waals surface area contributed by atoms with Gasteiger partial charge in [0.15, 0.2) is 0 Å². The molecule has 3 aliphatic rings. The molecule has 1 aromatic carbocycles. The molecule has 0 radical (unpaired) electrons. The number of aliphatic carboxylic acids is 1. The molecule has 1 unspecified atom stereocenters. The van der Waals surface area contributed by atoms with Crippen LogP contribution in [-0.2, 0) is 14.4 Å². The van der Waals surface area contributed by atoms with E-state index in [9.17, 15) is 24.0 Å². The van der Waals surface area contributed by atoms with E-state index in [-0.39, 0.29) is 30.5 Å². The monoisotopic (exact) mass is 400 g/mol. The maximum Gasteiger partial charge on any atom is 0.317 e. The number of imide groups is 2. The molecule has 4 rings (SSSR count). The van der Waals surface area contributed by atoms with Gasteiger partial charge in [0.1, 0.15) is 6.04 Å². The third-order valence-corrected chi connectivity index (χ3v) is 5.52. The van der Waals surface area contributed by atoms with E-state index in [4.69, 9.17) is 5.11 Å². The molecule has 10 heteroatoms. The van der Waals surface area contributed by atoms with Crippen molar-refractivity contribution < 1.29 is 29.1 Å². The summed E-state index contributed by atoms with van der Waals surface area (Å²) in [6.45, 7) is 2.04. The minimum Gasteiger partial charge on any atom is -0.480 e. The molecule has 2 fully saturated rings. The van der Waals surface area contributed by atoms with Gasteiger partial charge < -0.3 is 10.0 Å². The van der Waals surface area contributed by atoms with Crippen LogP contribution in [0.3, 0.4) is 0 Å². The van der Waals surface area contributed by atoms with Gasteiger partial charge in [0.2, 0.25) is 11.8 Å². The predicted octanol–water partition coefficient (Wildman–Crippen LogP) is -0.706. The molecule has 10 nitrogen and oxygen atoms in total. The van der Waals surface area contributed by atoms with Crippen LogP contribution >= 0.6 is 0 Å². The molecule has 152 valence electrons. The fourth-order valence-electron chi connectivity index (χ4n) is 4.10. The van der Waals surface area contributed by atoms with Crippen molar-refractivity contribution in [1.82, 2.24) is 15.1 Å². The summed E-state index contributed by atoms with van der Waals surface area (Å²) in [7, 11) is 0. The summed E-state index contributed by atoms with van der Waals surface area (Å²) >= 11 is 0. The maximum atomic E-state index is 13.1. The van der Waals surface area contributed by atoms with Crippen LogP contribution in [0, 0.1) is 0 Å². The number of rotatable bonds is 4. The van der Waals surface area contributed by atoms with E-state index in [0.29, 0.717) is 31.9 Å². The van der Waals surface area contributed by atoms with Crippen molar-refractivity contribution in [2.45, 2.75) is 18.9 Å². The van der Waals surface area contributed by atoms with E-state index >= 15 is 0 Å². The molecule has 4 amide bonds. The first-order valence-corrected chi connectivity index (χ1v) is 9.40. The number of hydrogen-bond donors (Lipinski definition) is 2. The summed E-state index contributed by atoms with van der Waals surface area (Å²) in [4.78, 5) is 65.2. The highest BCUT2D eigenvalue weighted by molar-refractivity contribution is 6.25. The van der Waals surface area contributed by atoms with Crippen LogP contribution in [0.4, 0.5) is 5.69 Å². The number of carbonyl (C=O) groups is 5. The molecular weight excluding hydrogens is 380 g/mol. The van der Waals surface area contributed by atoms with Crippen molar-refractivity contribution in [2.75, 3.05) is 37.6 Å². The average molecular weight is 400 g/mol. The van der Waals surface area contributed by atoms with Gasteiger partial charge in [0, 0.05) is 32.6 Å². The van der Waals surface area contributed by atoms with Gasteiger partial charge in [-0.05, 0) is 18.6 Å². The average Bonchev–Trinajstić information content (AvgIpc) is 2.93. The Morgan fingerprint density at radius 2 is 1.79 bits per heavy atom. The Kier molecular flexibility index (Phi) is 4.79. The van der Waals surface area contributed by atoms with Crippen LogP contribution in [0.15, 0.2) is 18.2 Å².